The van der Waals surface area contributed by atoms with Crippen LogP contribution in [-0.4, -0.2) is 24.2 Å². The summed E-state index contributed by atoms with van der Waals surface area (Å²) in [4.78, 5) is 4.41. The van der Waals surface area contributed by atoms with E-state index in [0.717, 1.165) is 23.2 Å². The second-order valence-electron chi connectivity index (χ2n) is 4.12. The van der Waals surface area contributed by atoms with Crippen molar-refractivity contribution in [1.29, 1.82) is 0 Å². The van der Waals surface area contributed by atoms with Gasteiger partial charge in [-0.15, -0.1) is 0 Å². The van der Waals surface area contributed by atoms with E-state index in [1.807, 2.05) is 31.3 Å². The number of aromatic nitrogens is 1. The predicted molar refractivity (Wildman–Crippen MR) is 71.3 cm³/mol. The molecule has 1 unspecified atom stereocenters. The molecule has 0 aliphatic carbocycles. The quantitative estimate of drug-likeness (QED) is 0.857. The molecule has 90 valence electrons. The zero-order valence-electron chi connectivity index (χ0n) is 10.3. The van der Waals surface area contributed by atoms with Gasteiger partial charge in [-0.2, -0.15) is 0 Å². The first-order chi connectivity index (χ1) is 8.29. The molecule has 0 aliphatic heterocycles. The van der Waals surface area contributed by atoms with Crippen molar-refractivity contribution in [3.05, 3.63) is 36.5 Å². The monoisotopic (exact) mass is 230 g/mol. The summed E-state index contributed by atoms with van der Waals surface area (Å²) in [5.41, 5.74) is 2.06. The zero-order valence-corrected chi connectivity index (χ0v) is 10.3. The van der Waals surface area contributed by atoms with Crippen molar-refractivity contribution >= 4 is 16.6 Å². The Balaban J connectivity index is 2.08. The van der Waals surface area contributed by atoms with Gasteiger partial charge in [-0.05, 0) is 26.0 Å². The summed E-state index contributed by atoms with van der Waals surface area (Å²) in [6.45, 7) is 5.57. The van der Waals surface area contributed by atoms with E-state index in [0.29, 0.717) is 6.61 Å². The van der Waals surface area contributed by atoms with E-state index < -0.39 is 0 Å². The molecule has 1 N–H and O–H groups in total. The Bertz CT molecular complexity index is 484. The third-order valence-electron chi connectivity index (χ3n) is 2.58. The Labute approximate surface area is 102 Å². The SMILES string of the molecule is CCOCC(C)Nc1cnc2ccccc2c1. The van der Waals surface area contributed by atoms with Crippen LogP contribution in [0.5, 0.6) is 0 Å². The fraction of sp³-hybridized carbons (Fsp3) is 0.357. The maximum atomic E-state index is 5.37. The maximum Gasteiger partial charge on any atom is 0.0703 e. The highest BCUT2D eigenvalue weighted by Crippen LogP contribution is 2.16. The van der Waals surface area contributed by atoms with Crippen LogP contribution in [0.25, 0.3) is 10.9 Å². The lowest BCUT2D eigenvalue weighted by Gasteiger charge is -2.15. The summed E-state index contributed by atoms with van der Waals surface area (Å²) in [5, 5.41) is 4.54. The van der Waals surface area contributed by atoms with Crippen LogP contribution in [0.3, 0.4) is 0 Å². The molecule has 3 nitrogen and oxygen atoms in total. The number of nitrogens with zero attached hydrogens (tertiary/aromatic N) is 1. The van der Waals surface area contributed by atoms with Crippen LogP contribution in [-0.2, 0) is 4.74 Å². The van der Waals surface area contributed by atoms with Crippen LogP contribution in [0.4, 0.5) is 5.69 Å². The number of nitrogens with one attached hydrogen (secondary N) is 1. The van der Waals surface area contributed by atoms with Gasteiger partial charge in [-0.25, -0.2) is 0 Å². The maximum absolute atomic E-state index is 5.37. The molecule has 1 atom stereocenters. The fourth-order valence-electron chi connectivity index (χ4n) is 1.77. The zero-order chi connectivity index (χ0) is 12.1. The number of anilines is 1. The van der Waals surface area contributed by atoms with E-state index in [2.05, 4.69) is 29.4 Å². The van der Waals surface area contributed by atoms with Crippen molar-refractivity contribution in [3.63, 3.8) is 0 Å². The average molecular weight is 230 g/mol. The normalized spacial score (nSPS) is 12.6. The highest BCUT2D eigenvalue weighted by atomic mass is 16.5. The lowest BCUT2D eigenvalue weighted by Crippen LogP contribution is -2.21. The first-order valence-electron chi connectivity index (χ1n) is 5.98. The minimum Gasteiger partial charge on any atom is -0.380 e. The van der Waals surface area contributed by atoms with Crippen LogP contribution in [0.15, 0.2) is 36.5 Å². The summed E-state index contributed by atoms with van der Waals surface area (Å²) in [6.07, 6.45) is 1.87. The molecular formula is C14H18N2O. The number of benzene rings is 1. The Morgan fingerprint density at radius 3 is 3.00 bits per heavy atom. The summed E-state index contributed by atoms with van der Waals surface area (Å²) in [5.74, 6) is 0. The molecule has 0 radical (unpaired) electrons. The highest BCUT2D eigenvalue weighted by molar-refractivity contribution is 5.81. The van der Waals surface area contributed by atoms with Gasteiger partial charge < -0.3 is 10.1 Å². The number of pyridine rings is 1. The molecule has 3 heteroatoms. The van der Waals surface area contributed by atoms with Crippen molar-refractivity contribution in [2.24, 2.45) is 0 Å². The molecule has 0 bridgehead atoms. The first kappa shape index (κ1) is 11.9. The molecule has 2 rings (SSSR count). The van der Waals surface area contributed by atoms with Gasteiger partial charge in [0.2, 0.25) is 0 Å². The molecule has 0 amide bonds. The van der Waals surface area contributed by atoms with Gasteiger partial charge in [0, 0.05) is 18.0 Å². The van der Waals surface area contributed by atoms with Crippen molar-refractivity contribution < 1.29 is 4.74 Å². The van der Waals surface area contributed by atoms with Crippen LogP contribution in [0.2, 0.25) is 0 Å². The third-order valence-corrected chi connectivity index (χ3v) is 2.58. The van der Waals surface area contributed by atoms with Crippen molar-refractivity contribution in [2.75, 3.05) is 18.5 Å². The molecule has 1 aromatic heterocycles. The number of ether oxygens (including phenoxy) is 1. The molecule has 1 aromatic carbocycles. The van der Waals surface area contributed by atoms with E-state index in [4.69, 9.17) is 4.74 Å². The fourth-order valence-corrected chi connectivity index (χ4v) is 1.77. The summed E-state index contributed by atoms with van der Waals surface area (Å²) < 4.78 is 5.37. The molecule has 0 fully saturated rings. The van der Waals surface area contributed by atoms with E-state index in [9.17, 15) is 0 Å². The molecule has 0 spiro atoms. The van der Waals surface area contributed by atoms with E-state index in [1.165, 1.54) is 0 Å². The number of rotatable bonds is 5. The minimum absolute atomic E-state index is 0.290. The van der Waals surface area contributed by atoms with E-state index in [1.54, 1.807) is 0 Å². The second-order valence-corrected chi connectivity index (χ2v) is 4.12. The number of hydrogen-bond donors (Lipinski definition) is 1. The van der Waals surface area contributed by atoms with Gasteiger partial charge >= 0.3 is 0 Å². The lowest BCUT2D eigenvalue weighted by atomic mass is 10.2. The van der Waals surface area contributed by atoms with Crippen molar-refractivity contribution in [1.82, 2.24) is 4.98 Å². The molecular weight excluding hydrogens is 212 g/mol. The Kier molecular flexibility index (Phi) is 3.94. The van der Waals surface area contributed by atoms with Gasteiger partial charge in [0.1, 0.15) is 0 Å². The largest absolute Gasteiger partial charge is 0.380 e. The third kappa shape index (κ3) is 3.17. The topological polar surface area (TPSA) is 34.1 Å². The standard InChI is InChI=1S/C14H18N2O/c1-3-17-10-11(2)16-13-8-12-6-4-5-7-14(12)15-9-13/h4-9,11,16H,3,10H2,1-2H3. The molecule has 1 heterocycles. The minimum atomic E-state index is 0.290. The number of fused-ring (bicyclic) bond motifs is 1. The van der Waals surface area contributed by atoms with Crippen LogP contribution in [0.1, 0.15) is 13.8 Å². The molecule has 2 aromatic rings. The Hall–Kier alpha value is -1.61. The molecule has 0 saturated carbocycles. The Morgan fingerprint density at radius 1 is 1.35 bits per heavy atom. The molecule has 17 heavy (non-hydrogen) atoms. The first-order valence-corrected chi connectivity index (χ1v) is 5.98. The molecule has 0 saturated heterocycles. The number of para-hydroxylation sites is 1. The summed E-state index contributed by atoms with van der Waals surface area (Å²) in [7, 11) is 0. The van der Waals surface area contributed by atoms with Crippen LogP contribution in [0, 0.1) is 0 Å². The number of hydrogen-bond acceptors (Lipinski definition) is 3. The van der Waals surface area contributed by atoms with Crippen molar-refractivity contribution in [3.8, 4) is 0 Å². The predicted octanol–water partition coefficient (Wildman–Crippen LogP) is 3.07. The smallest absolute Gasteiger partial charge is 0.0703 e. The van der Waals surface area contributed by atoms with Gasteiger partial charge in [-0.3, -0.25) is 4.98 Å². The van der Waals surface area contributed by atoms with Gasteiger partial charge in [0.25, 0.3) is 0 Å². The lowest BCUT2D eigenvalue weighted by molar-refractivity contribution is 0.141. The Morgan fingerprint density at radius 2 is 2.18 bits per heavy atom. The van der Waals surface area contributed by atoms with Gasteiger partial charge in [-0.1, -0.05) is 18.2 Å². The van der Waals surface area contributed by atoms with E-state index >= 15 is 0 Å². The van der Waals surface area contributed by atoms with Crippen LogP contribution >= 0.6 is 0 Å². The summed E-state index contributed by atoms with van der Waals surface area (Å²) >= 11 is 0. The van der Waals surface area contributed by atoms with Crippen molar-refractivity contribution in [2.45, 2.75) is 19.9 Å². The second kappa shape index (κ2) is 5.64. The van der Waals surface area contributed by atoms with Crippen LogP contribution < -0.4 is 5.32 Å². The molecule has 0 aliphatic rings. The average Bonchev–Trinajstić information content (AvgIpc) is 2.36. The van der Waals surface area contributed by atoms with Gasteiger partial charge in [0.05, 0.1) is 24.0 Å². The highest BCUT2D eigenvalue weighted by Gasteiger charge is 2.02. The summed E-state index contributed by atoms with van der Waals surface area (Å²) in [6, 6.07) is 10.5. The van der Waals surface area contributed by atoms with Gasteiger partial charge in [0.15, 0.2) is 0 Å². The van der Waals surface area contributed by atoms with E-state index in [-0.39, 0.29) is 6.04 Å².